The number of fused-ring (bicyclic) bond motifs is 11. The number of ketones is 4. The van der Waals surface area contributed by atoms with Gasteiger partial charge < -0.3 is 9.13 Å². The lowest BCUT2D eigenvalue weighted by Crippen LogP contribution is -2.26. The molecule has 8 heterocycles. The molecule has 0 saturated carbocycles. The maximum Gasteiger partial charge on any atom is 0.223 e. The van der Waals surface area contributed by atoms with E-state index in [1.54, 1.807) is 47.4 Å². The van der Waals surface area contributed by atoms with Crippen molar-refractivity contribution in [3.8, 4) is 22.5 Å². The molecule has 0 atom stereocenters. The highest BCUT2D eigenvalue weighted by Gasteiger charge is 2.46. The molecule has 0 saturated heterocycles. The summed E-state index contributed by atoms with van der Waals surface area (Å²) in [6, 6.07) is 74.3. The lowest BCUT2D eigenvalue weighted by Gasteiger charge is -2.24. The average molecular weight is 1440 g/mol. The third-order valence-corrected chi connectivity index (χ3v) is 20.9. The summed E-state index contributed by atoms with van der Waals surface area (Å²) in [6.45, 7) is 4.95. The van der Waals surface area contributed by atoms with Crippen molar-refractivity contribution in [3.63, 3.8) is 0 Å². The second-order valence-corrected chi connectivity index (χ2v) is 26.9. The molecule has 11 aromatic carbocycles. The van der Waals surface area contributed by atoms with Crippen molar-refractivity contribution in [3.05, 3.63) is 324 Å². The summed E-state index contributed by atoms with van der Waals surface area (Å²) in [6.07, 6.45) is 6.07. The quantitative estimate of drug-likeness (QED) is 0.0872. The summed E-state index contributed by atoms with van der Waals surface area (Å²) >= 11 is 0. The monoisotopic (exact) mass is 1440 g/mol. The fourth-order valence-corrected chi connectivity index (χ4v) is 15.9. The first kappa shape index (κ1) is 63.4. The van der Waals surface area contributed by atoms with Crippen molar-refractivity contribution < 1.29 is 28.0 Å². The Morgan fingerprint density at radius 1 is 0.318 bits per heavy atom. The molecular weight excluding hydrogens is 1380 g/mol. The zero-order valence-corrected chi connectivity index (χ0v) is 58.4. The van der Waals surface area contributed by atoms with Crippen LogP contribution in [0.25, 0.3) is 99.5 Å². The third kappa shape index (κ3) is 9.35. The number of anilines is 8. The van der Waals surface area contributed by atoms with Gasteiger partial charge in [0, 0.05) is 41.2 Å². The number of allylic oxidation sites excluding steroid dienone is 6. The standard InChI is InChI=1S/C88H54F2N16O4/c1-3-99-68-35-19-15-31-63(68)95-85(99)103-72(104(82-81(103)91-60-29-13-14-30-61(60)92-82)86-96-64-32-16-20-36-69(64)100(86)4-2)44-41-55-79(109)74-59(89)48-56(76(90)75(74)80(55)110)51-39-42-62-67(47-51)94-84-83(93-62)105(87-97-65-33-17-21-37-70(65)101(87)52-25-7-5-8-26-52)73(43-40-54-77(107)57-45-49-23-11-12-24-50(49)46-58(57)78(54)108)106(84)88-98-66-34-18-22-38-71(66)102(88)53-27-9-6-10-28-53/h5-48H,3-4H2,1-2H3/b55-41-,73-43-. The minimum Gasteiger partial charge on any atom is -0.310 e. The molecule has 0 bridgehead atoms. The molecule has 6 aromatic heterocycles. The molecular formula is C88H54F2N16O4. The number of aryl methyl sites for hydroxylation is 2. The molecule has 524 valence electrons. The predicted molar refractivity (Wildman–Crippen MR) is 420 cm³/mol. The van der Waals surface area contributed by atoms with Gasteiger partial charge in [0.05, 0.1) is 88.5 Å². The number of hydrogen-bond acceptors (Lipinski definition) is 16. The van der Waals surface area contributed by atoms with Crippen LogP contribution in [0.2, 0.25) is 0 Å². The van der Waals surface area contributed by atoms with Gasteiger partial charge in [-0.1, -0.05) is 127 Å². The van der Waals surface area contributed by atoms with Gasteiger partial charge in [-0.05, 0) is 170 Å². The number of carbonyl (C=O) groups is 4. The van der Waals surface area contributed by atoms with Crippen molar-refractivity contribution in [1.82, 2.24) is 58.1 Å². The van der Waals surface area contributed by atoms with Gasteiger partial charge in [0.1, 0.15) is 23.3 Å². The predicted octanol–water partition coefficient (Wildman–Crippen LogP) is 18.4. The summed E-state index contributed by atoms with van der Waals surface area (Å²) in [5, 5.41) is 1.61. The Hall–Kier alpha value is -15.1. The van der Waals surface area contributed by atoms with E-state index in [4.69, 9.17) is 39.9 Å². The molecule has 4 aliphatic rings. The van der Waals surface area contributed by atoms with Gasteiger partial charge in [0.15, 0.2) is 34.8 Å². The van der Waals surface area contributed by atoms with Crippen LogP contribution in [0.15, 0.2) is 290 Å². The SMILES string of the molecule is CCn1c(N2C(=C/C=C3/C(=O)c4c(F)cc(-c5ccc6nc7c(nc6c5)N(c5nc6ccccc6n5-c5ccccc5)/C(=C\C=C5C(=O)c6cc8ccccc8cc6C5=O)N7c5nc6ccccc6n5-c5ccccc5)c(F)c4C3=O)N(c3nc4ccccc4n3CC)c3nc4ccccc4nc32)nc2ccccc21. The highest BCUT2D eigenvalue weighted by Crippen LogP contribution is 2.53. The van der Waals surface area contributed by atoms with E-state index in [1.165, 1.54) is 12.2 Å². The van der Waals surface area contributed by atoms with E-state index in [2.05, 4.69) is 0 Å². The molecule has 17 aromatic rings. The average Bonchev–Trinajstić information content (AvgIpc) is 1.56. The van der Waals surface area contributed by atoms with Gasteiger partial charge in [-0.25, -0.2) is 68.3 Å². The van der Waals surface area contributed by atoms with Crippen LogP contribution in [-0.2, 0) is 13.1 Å². The highest BCUT2D eigenvalue weighted by atomic mass is 19.1. The van der Waals surface area contributed by atoms with E-state index in [1.807, 2.05) is 253 Å². The van der Waals surface area contributed by atoms with Crippen LogP contribution in [0.3, 0.4) is 0 Å². The van der Waals surface area contributed by atoms with Crippen molar-refractivity contribution in [1.29, 1.82) is 0 Å². The lowest BCUT2D eigenvalue weighted by atomic mass is 9.98. The topological polar surface area (TPSA) is 204 Å². The number of aromatic nitrogens is 12. The molecule has 0 amide bonds. The number of carbonyl (C=O) groups excluding carboxylic acids is 4. The fourth-order valence-electron chi connectivity index (χ4n) is 15.9. The van der Waals surface area contributed by atoms with Gasteiger partial charge in [-0.15, -0.1) is 0 Å². The summed E-state index contributed by atoms with van der Waals surface area (Å²) < 4.78 is 43.8. The minimum absolute atomic E-state index is 0.0808. The van der Waals surface area contributed by atoms with E-state index < -0.39 is 51.5 Å². The number of para-hydroxylation sites is 12. The molecule has 20 nitrogen and oxygen atoms in total. The van der Waals surface area contributed by atoms with Crippen LogP contribution in [0.5, 0.6) is 0 Å². The smallest absolute Gasteiger partial charge is 0.223 e. The number of halogens is 2. The molecule has 0 unspecified atom stereocenters. The Labute approximate surface area is 622 Å². The first-order valence-electron chi connectivity index (χ1n) is 35.8. The largest absolute Gasteiger partial charge is 0.310 e. The van der Waals surface area contributed by atoms with Crippen LogP contribution < -0.4 is 19.6 Å². The van der Waals surface area contributed by atoms with Crippen LogP contribution >= 0.6 is 0 Å². The number of Topliss-reactive ketones (excluding diaryl/α,β-unsaturated/α-hetero) is 4. The first-order valence-corrected chi connectivity index (χ1v) is 35.8. The van der Waals surface area contributed by atoms with E-state index in [9.17, 15) is 9.59 Å². The maximum absolute atomic E-state index is 18.3. The van der Waals surface area contributed by atoms with Crippen LogP contribution in [0, 0.1) is 11.6 Å². The van der Waals surface area contributed by atoms with E-state index in [0.29, 0.717) is 98.8 Å². The Morgan fingerprint density at radius 3 is 1.15 bits per heavy atom. The Kier molecular flexibility index (Phi) is 14.0. The highest BCUT2D eigenvalue weighted by molar-refractivity contribution is 6.41. The van der Waals surface area contributed by atoms with Gasteiger partial charge in [-0.3, -0.25) is 28.3 Å². The summed E-state index contributed by atoms with van der Waals surface area (Å²) in [7, 11) is 0. The number of rotatable bonds is 11. The molecule has 0 spiro atoms. The Balaban J connectivity index is 0.743. The van der Waals surface area contributed by atoms with E-state index in [-0.39, 0.29) is 45.0 Å². The second-order valence-electron chi connectivity index (χ2n) is 26.9. The van der Waals surface area contributed by atoms with Crippen LogP contribution in [0.1, 0.15) is 55.3 Å². The number of nitrogens with zero attached hydrogens (tertiary/aromatic N) is 16. The fraction of sp³-hybridized carbons (Fsp3) is 0.0455. The van der Waals surface area contributed by atoms with Crippen molar-refractivity contribution in [2.45, 2.75) is 26.9 Å². The van der Waals surface area contributed by atoms with Crippen molar-refractivity contribution in [2.75, 3.05) is 19.6 Å². The number of hydrogen-bond donors (Lipinski definition) is 0. The molecule has 21 rings (SSSR count). The minimum atomic E-state index is -1.14. The second kappa shape index (κ2) is 24.2. The van der Waals surface area contributed by atoms with Crippen molar-refractivity contribution >= 4 is 147 Å². The Morgan fingerprint density at radius 2 is 0.682 bits per heavy atom. The normalized spacial score (nSPS) is 14.8. The van der Waals surface area contributed by atoms with Crippen molar-refractivity contribution in [2.24, 2.45) is 0 Å². The Bertz CT molecular complexity index is 6930. The lowest BCUT2D eigenvalue weighted by molar-refractivity contribution is 0.0972. The number of benzene rings is 11. The molecule has 110 heavy (non-hydrogen) atoms. The molecule has 0 radical (unpaired) electrons. The van der Waals surface area contributed by atoms with E-state index in [0.717, 1.165) is 50.3 Å². The number of imidazole rings is 4. The summed E-state index contributed by atoms with van der Waals surface area (Å²) in [5.74, 6) is -1.92. The van der Waals surface area contributed by atoms with Gasteiger partial charge in [-0.2, -0.15) is 0 Å². The zero-order chi connectivity index (χ0) is 73.9. The summed E-state index contributed by atoms with van der Waals surface area (Å²) in [5.41, 5.74) is 7.16. The molecule has 22 heteroatoms. The molecule has 0 N–H and O–H groups in total. The van der Waals surface area contributed by atoms with Gasteiger partial charge >= 0.3 is 0 Å². The van der Waals surface area contributed by atoms with Crippen LogP contribution in [-0.4, -0.2) is 81.3 Å². The maximum atomic E-state index is 18.3. The first-order chi connectivity index (χ1) is 54.0. The van der Waals surface area contributed by atoms with Gasteiger partial charge in [0.2, 0.25) is 35.4 Å². The summed E-state index contributed by atoms with van der Waals surface area (Å²) in [4.78, 5) is 110. The molecule has 0 fully saturated rings. The van der Waals surface area contributed by atoms with Crippen LogP contribution in [0.4, 0.5) is 55.8 Å². The van der Waals surface area contributed by atoms with Gasteiger partial charge in [0.25, 0.3) is 0 Å². The molecule has 2 aliphatic carbocycles. The molecule has 2 aliphatic heterocycles. The zero-order valence-electron chi connectivity index (χ0n) is 58.4. The third-order valence-electron chi connectivity index (χ3n) is 20.9. The van der Waals surface area contributed by atoms with E-state index >= 15 is 18.4 Å².